The smallest absolute Gasteiger partial charge is 0.240 e. The van der Waals surface area contributed by atoms with Crippen molar-refractivity contribution in [3.8, 4) is 0 Å². The average Bonchev–Trinajstić information content (AvgIpc) is 2.96. The first-order valence-corrected chi connectivity index (χ1v) is 10.9. The van der Waals surface area contributed by atoms with Crippen LogP contribution in [0, 0.1) is 0 Å². The second-order valence-corrected chi connectivity index (χ2v) is 9.39. The molecule has 0 bridgehead atoms. The second kappa shape index (κ2) is 7.66. The summed E-state index contributed by atoms with van der Waals surface area (Å²) in [5.41, 5.74) is 2.05. The van der Waals surface area contributed by atoms with Gasteiger partial charge in [0.25, 0.3) is 0 Å². The van der Waals surface area contributed by atoms with Crippen LogP contribution >= 0.6 is 0 Å². The van der Waals surface area contributed by atoms with E-state index in [1.165, 1.54) is 6.92 Å². The number of carbonyl (C=O) groups excluding carboxylic acids is 1. The molecule has 0 saturated carbocycles. The predicted molar refractivity (Wildman–Crippen MR) is 101 cm³/mol. The highest BCUT2D eigenvalue weighted by molar-refractivity contribution is 7.89. The quantitative estimate of drug-likeness (QED) is 0.820. The van der Waals surface area contributed by atoms with E-state index >= 15 is 0 Å². The summed E-state index contributed by atoms with van der Waals surface area (Å²) >= 11 is 0. The number of amides is 1. The zero-order chi connectivity index (χ0) is 18.9. The molecular weight excluding hydrogens is 350 g/mol. The highest BCUT2D eigenvalue weighted by atomic mass is 32.2. The first-order valence-electron chi connectivity index (χ1n) is 9.42. The number of carbonyl (C=O) groups is 1. The molecule has 0 unspecified atom stereocenters. The van der Waals surface area contributed by atoms with E-state index < -0.39 is 10.0 Å². The molecule has 3 rings (SSSR count). The molecule has 0 aromatic heterocycles. The number of sulfonamides is 1. The highest BCUT2D eigenvalue weighted by Gasteiger charge is 2.28. The number of nitrogens with one attached hydrogen (secondary N) is 2. The normalized spacial score (nSPS) is 21.8. The van der Waals surface area contributed by atoms with Crippen molar-refractivity contribution in [1.82, 2.24) is 14.9 Å². The maximum atomic E-state index is 12.8. The number of hydrogen-bond donors (Lipinski definition) is 2. The SMILES string of the molecule is CC(=O)N[C@@H]1CCc2ccc(S(=O)(=O)NC3CCN(C(C)C)CC3)cc21. The van der Waals surface area contributed by atoms with E-state index in [9.17, 15) is 13.2 Å². The molecule has 6 nitrogen and oxygen atoms in total. The van der Waals surface area contributed by atoms with Crippen molar-refractivity contribution in [3.63, 3.8) is 0 Å². The number of fused-ring (bicyclic) bond motifs is 1. The minimum Gasteiger partial charge on any atom is -0.350 e. The van der Waals surface area contributed by atoms with Crippen LogP contribution in [0.3, 0.4) is 0 Å². The standard InChI is InChI=1S/C19H29N3O3S/c1-13(2)22-10-8-16(9-11-22)21-26(24,25)17-6-4-15-5-7-19(18(15)12-17)20-14(3)23/h4,6,12-13,16,19,21H,5,7-11H2,1-3H3,(H,20,23)/t19-/m1/s1. The van der Waals surface area contributed by atoms with Gasteiger partial charge in [-0.15, -0.1) is 0 Å². The molecule has 1 heterocycles. The second-order valence-electron chi connectivity index (χ2n) is 7.68. The van der Waals surface area contributed by atoms with E-state index in [1.807, 2.05) is 6.07 Å². The molecule has 1 aromatic rings. The first-order chi connectivity index (χ1) is 12.3. The molecule has 1 aliphatic heterocycles. The fraction of sp³-hybridized carbons (Fsp3) is 0.632. The van der Waals surface area contributed by atoms with Gasteiger partial charge in [0, 0.05) is 19.0 Å². The van der Waals surface area contributed by atoms with Gasteiger partial charge in [0.1, 0.15) is 0 Å². The Morgan fingerprint density at radius 2 is 1.88 bits per heavy atom. The van der Waals surface area contributed by atoms with Crippen molar-refractivity contribution < 1.29 is 13.2 Å². The summed E-state index contributed by atoms with van der Waals surface area (Å²) in [6, 6.07) is 5.68. The molecule has 7 heteroatoms. The maximum absolute atomic E-state index is 12.8. The summed E-state index contributed by atoms with van der Waals surface area (Å²) in [7, 11) is -3.55. The Bertz CT molecular complexity index is 768. The van der Waals surface area contributed by atoms with Crippen molar-refractivity contribution in [3.05, 3.63) is 29.3 Å². The number of aryl methyl sites for hydroxylation is 1. The van der Waals surface area contributed by atoms with Gasteiger partial charge in [-0.3, -0.25) is 4.79 Å². The van der Waals surface area contributed by atoms with E-state index in [1.54, 1.807) is 12.1 Å². The van der Waals surface area contributed by atoms with Gasteiger partial charge in [-0.1, -0.05) is 6.07 Å². The van der Waals surface area contributed by atoms with Crippen LogP contribution < -0.4 is 10.0 Å². The van der Waals surface area contributed by atoms with E-state index in [0.29, 0.717) is 10.9 Å². The fourth-order valence-corrected chi connectivity index (χ4v) is 5.30. The van der Waals surface area contributed by atoms with Gasteiger partial charge in [-0.05, 0) is 75.9 Å². The molecule has 1 amide bonds. The van der Waals surface area contributed by atoms with E-state index in [4.69, 9.17) is 0 Å². The van der Waals surface area contributed by atoms with E-state index in [-0.39, 0.29) is 18.0 Å². The summed E-state index contributed by atoms with van der Waals surface area (Å²) < 4.78 is 28.5. The van der Waals surface area contributed by atoms with E-state index in [2.05, 4.69) is 28.8 Å². The van der Waals surface area contributed by atoms with Crippen molar-refractivity contribution in [2.45, 2.75) is 69.5 Å². The third-order valence-corrected chi connectivity index (χ3v) is 6.98. The average molecular weight is 380 g/mol. The number of hydrogen-bond acceptors (Lipinski definition) is 4. The summed E-state index contributed by atoms with van der Waals surface area (Å²) in [5, 5.41) is 2.91. The lowest BCUT2D eigenvalue weighted by Crippen LogP contribution is -2.46. The number of piperidine rings is 1. The van der Waals surface area contributed by atoms with Gasteiger partial charge >= 0.3 is 0 Å². The molecule has 1 atom stereocenters. The van der Waals surface area contributed by atoms with Crippen molar-refractivity contribution >= 4 is 15.9 Å². The summed E-state index contributed by atoms with van der Waals surface area (Å²) in [5.74, 6) is -0.0915. The minimum atomic E-state index is -3.55. The van der Waals surface area contributed by atoms with Crippen molar-refractivity contribution in [1.29, 1.82) is 0 Å². The van der Waals surface area contributed by atoms with Gasteiger partial charge in [0.05, 0.1) is 10.9 Å². The summed E-state index contributed by atoms with van der Waals surface area (Å²) in [4.78, 5) is 14.0. The van der Waals surface area contributed by atoms with Gasteiger partial charge in [-0.2, -0.15) is 0 Å². The van der Waals surface area contributed by atoms with Crippen LogP contribution in [0.4, 0.5) is 0 Å². The lowest BCUT2D eigenvalue weighted by molar-refractivity contribution is -0.119. The zero-order valence-corrected chi connectivity index (χ0v) is 16.6. The Kier molecular flexibility index (Phi) is 5.69. The number of likely N-dealkylation sites (tertiary alicyclic amines) is 1. The van der Waals surface area contributed by atoms with Crippen molar-refractivity contribution in [2.75, 3.05) is 13.1 Å². The molecule has 0 spiro atoms. The van der Waals surface area contributed by atoms with Crippen LogP contribution in [0.5, 0.6) is 0 Å². The molecule has 0 radical (unpaired) electrons. The molecule has 2 aliphatic rings. The predicted octanol–water partition coefficient (Wildman–Crippen LogP) is 1.96. The molecule has 2 N–H and O–H groups in total. The van der Waals surface area contributed by atoms with Gasteiger partial charge in [0.15, 0.2) is 0 Å². The summed E-state index contributed by atoms with van der Waals surface area (Å²) in [6.45, 7) is 7.66. The Morgan fingerprint density at radius 3 is 2.50 bits per heavy atom. The highest BCUT2D eigenvalue weighted by Crippen LogP contribution is 2.33. The van der Waals surface area contributed by atoms with Crippen LogP contribution in [0.15, 0.2) is 23.1 Å². The summed E-state index contributed by atoms with van der Waals surface area (Å²) in [6.07, 6.45) is 3.34. The largest absolute Gasteiger partial charge is 0.350 e. The monoisotopic (exact) mass is 379 g/mol. The molecule has 26 heavy (non-hydrogen) atoms. The van der Waals surface area contributed by atoms with Crippen LogP contribution in [-0.2, 0) is 21.2 Å². The first kappa shape index (κ1) is 19.3. The van der Waals surface area contributed by atoms with Crippen molar-refractivity contribution in [2.24, 2.45) is 0 Å². The lowest BCUT2D eigenvalue weighted by atomic mass is 10.1. The van der Waals surface area contributed by atoms with Gasteiger partial charge in [-0.25, -0.2) is 13.1 Å². The fourth-order valence-electron chi connectivity index (χ4n) is 3.96. The van der Waals surface area contributed by atoms with Crippen LogP contribution in [0.2, 0.25) is 0 Å². The molecule has 144 valence electrons. The topological polar surface area (TPSA) is 78.5 Å². The zero-order valence-electron chi connectivity index (χ0n) is 15.8. The third kappa shape index (κ3) is 4.27. The Morgan fingerprint density at radius 1 is 1.19 bits per heavy atom. The number of benzene rings is 1. The third-order valence-electron chi connectivity index (χ3n) is 5.46. The minimum absolute atomic E-state index is 0.0191. The van der Waals surface area contributed by atoms with Gasteiger partial charge in [0.2, 0.25) is 15.9 Å². The van der Waals surface area contributed by atoms with Crippen LogP contribution in [0.25, 0.3) is 0 Å². The molecule has 1 fully saturated rings. The van der Waals surface area contributed by atoms with Gasteiger partial charge < -0.3 is 10.2 Å². The molecule has 1 aromatic carbocycles. The Balaban J connectivity index is 1.71. The Hall–Kier alpha value is -1.44. The maximum Gasteiger partial charge on any atom is 0.240 e. The number of rotatable bonds is 5. The Labute approximate surface area is 156 Å². The van der Waals surface area contributed by atoms with E-state index in [0.717, 1.165) is 49.9 Å². The molecular formula is C19H29N3O3S. The van der Waals surface area contributed by atoms with Crippen LogP contribution in [-0.4, -0.2) is 44.4 Å². The number of nitrogens with zero attached hydrogens (tertiary/aromatic N) is 1. The molecule has 1 saturated heterocycles. The lowest BCUT2D eigenvalue weighted by Gasteiger charge is -2.34. The molecule has 1 aliphatic carbocycles. The van der Waals surface area contributed by atoms with Crippen LogP contribution in [0.1, 0.15) is 57.2 Å².